The highest BCUT2D eigenvalue weighted by Gasteiger charge is 2.51. The zero-order valence-corrected chi connectivity index (χ0v) is 22.4. The van der Waals surface area contributed by atoms with E-state index in [9.17, 15) is 44.6 Å². The molecule has 6 unspecified atom stereocenters. The molecule has 13 nitrogen and oxygen atoms in total. The highest BCUT2D eigenvalue weighted by Crippen LogP contribution is 2.47. The van der Waals surface area contributed by atoms with Gasteiger partial charge in [-0.1, -0.05) is 52.4 Å². The molecule has 0 radical (unpaired) electrons. The maximum atomic E-state index is 12.4. The fourth-order valence-corrected chi connectivity index (χ4v) is 4.71. The fourth-order valence-electron chi connectivity index (χ4n) is 3.73. The summed E-state index contributed by atoms with van der Waals surface area (Å²) in [6, 6.07) is 0. The van der Waals surface area contributed by atoms with E-state index in [4.69, 9.17) is 18.5 Å². The molecular weight excluding hydrogens is 515 g/mol. The number of hydrogen-bond acceptors (Lipinski definition) is 12. The third kappa shape index (κ3) is 12.5. The molecule has 0 aromatic carbocycles. The van der Waals surface area contributed by atoms with Crippen molar-refractivity contribution in [3.8, 4) is 0 Å². The van der Waals surface area contributed by atoms with Crippen LogP contribution in [0.5, 0.6) is 0 Å². The van der Waals surface area contributed by atoms with E-state index in [1.165, 1.54) is 6.42 Å². The summed E-state index contributed by atoms with van der Waals surface area (Å²) in [6.45, 7) is 2.72. The summed E-state index contributed by atoms with van der Waals surface area (Å²) >= 11 is 0. The van der Waals surface area contributed by atoms with Gasteiger partial charge in [0.2, 0.25) is 0 Å². The predicted octanol–water partition coefficient (Wildman–Crippen LogP) is 0.702. The van der Waals surface area contributed by atoms with Gasteiger partial charge >= 0.3 is 19.8 Å². The molecule has 0 aromatic heterocycles. The van der Waals surface area contributed by atoms with E-state index in [0.717, 1.165) is 32.1 Å². The minimum atomic E-state index is -5.06. The summed E-state index contributed by atoms with van der Waals surface area (Å²) in [4.78, 5) is 34.0. The van der Waals surface area contributed by atoms with Crippen LogP contribution in [0.4, 0.5) is 0 Å². The Bertz CT molecular complexity index is 705. The Balaban J connectivity index is 2.66. The molecule has 6 N–H and O–H groups in total. The molecule has 1 fully saturated rings. The molecule has 218 valence electrons. The van der Waals surface area contributed by atoms with Crippen LogP contribution in [-0.2, 0) is 32.7 Å². The van der Waals surface area contributed by atoms with Gasteiger partial charge in [0.05, 0.1) is 6.61 Å². The summed E-state index contributed by atoms with van der Waals surface area (Å²) in [5, 5.41) is 49.1. The Labute approximate surface area is 217 Å². The highest BCUT2D eigenvalue weighted by molar-refractivity contribution is 7.47. The Hall–Kier alpha value is -1.15. The molecule has 0 amide bonds. The van der Waals surface area contributed by atoms with Gasteiger partial charge in [-0.25, -0.2) is 4.57 Å². The molecular formula is C23H43O13P. The maximum absolute atomic E-state index is 12.4. The monoisotopic (exact) mass is 558 g/mol. The number of aliphatic hydroxyl groups is 5. The van der Waals surface area contributed by atoms with Crippen molar-refractivity contribution >= 4 is 19.8 Å². The van der Waals surface area contributed by atoms with Crippen LogP contribution >= 0.6 is 7.82 Å². The van der Waals surface area contributed by atoms with Crippen LogP contribution in [0.15, 0.2) is 0 Å². The molecule has 1 rings (SSSR count). The number of ether oxygens (including phenoxy) is 2. The Morgan fingerprint density at radius 3 is 1.84 bits per heavy atom. The molecule has 0 bridgehead atoms. The summed E-state index contributed by atoms with van der Waals surface area (Å²) < 4.78 is 32.3. The first-order chi connectivity index (χ1) is 17.4. The Morgan fingerprint density at radius 1 is 0.730 bits per heavy atom. The van der Waals surface area contributed by atoms with Gasteiger partial charge in [0.25, 0.3) is 0 Å². The second-order valence-electron chi connectivity index (χ2n) is 9.20. The first-order valence-corrected chi connectivity index (χ1v) is 14.3. The first-order valence-electron chi connectivity index (χ1n) is 12.8. The number of aliphatic hydroxyl groups excluding tert-OH is 5. The van der Waals surface area contributed by atoms with Crippen LogP contribution in [-0.4, -0.2) is 98.3 Å². The maximum Gasteiger partial charge on any atom is 0.472 e. The zero-order chi connectivity index (χ0) is 28.0. The smallest absolute Gasteiger partial charge is 0.462 e. The van der Waals surface area contributed by atoms with Crippen molar-refractivity contribution < 1.29 is 63.1 Å². The second-order valence-corrected chi connectivity index (χ2v) is 10.6. The molecule has 0 aromatic rings. The normalized spacial score (nSPS) is 28.3. The van der Waals surface area contributed by atoms with Crippen molar-refractivity contribution in [1.29, 1.82) is 0 Å². The van der Waals surface area contributed by atoms with E-state index >= 15 is 0 Å². The summed E-state index contributed by atoms with van der Waals surface area (Å²) in [6.07, 6.45) is -5.46. The molecule has 1 aliphatic rings. The third-order valence-corrected chi connectivity index (χ3v) is 6.90. The van der Waals surface area contributed by atoms with Crippen molar-refractivity contribution in [2.45, 2.75) is 121 Å². The molecule has 1 saturated carbocycles. The molecule has 37 heavy (non-hydrogen) atoms. The number of hydrogen-bond donors (Lipinski definition) is 6. The lowest BCUT2D eigenvalue weighted by Crippen LogP contribution is -2.64. The number of unbranched alkanes of at least 4 members (excludes halogenated alkanes) is 6. The van der Waals surface area contributed by atoms with Gasteiger partial charge in [-0.05, 0) is 12.8 Å². The topological polar surface area (TPSA) is 210 Å². The van der Waals surface area contributed by atoms with Crippen molar-refractivity contribution in [2.75, 3.05) is 13.2 Å². The summed E-state index contributed by atoms with van der Waals surface area (Å²) in [5.41, 5.74) is 0. The molecule has 0 saturated heterocycles. The molecule has 0 heterocycles. The van der Waals surface area contributed by atoms with Crippen LogP contribution in [0.25, 0.3) is 0 Å². The Kier molecular flexibility index (Phi) is 16.0. The molecule has 0 spiro atoms. The van der Waals surface area contributed by atoms with Crippen LogP contribution in [0.1, 0.15) is 78.1 Å². The summed E-state index contributed by atoms with van der Waals surface area (Å²) in [5.74, 6) is -1.17. The average molecular weight is 559 g/mol. The highest BCUT2D eigenvalue weighted by atomic mass is 31.2. The van der Waals surface area contributed by atoms with Gasteiger partial charge in [-0.3, -0.25) is 18.6 Å². The number of carbonyl (C=O) groups is 2. The average Bonchev–Trinajstić information content (AvgIpc) is 2.85. The van der Waals surface area contributed by atoms with Crippen LogP contribution in [0.3, 0.4) is 0 Å². The minimum Gasteiger partial charge on any atom is -0.462 e. The SMILES string of the molecule is CCCCCCCCCC(=O)OC(COC(=O)CCC)COP(=O)(O)OC1C(O)C(O)C(O)C(O)C1O. The number of phosphoric acid groups is 1. The van der Waals surface area contributed by atoms with Gasteiger partial charge in [0.15, 0.2) is 6.10 Å². The van der Waals surface area contributed by atoms with Crippen molar-refractivity contribution in [1.82, 2.24) is 0 Å². The summed E-state index contributed by atoms with van der Waals surface area (Å²) in [7, 11) is -5.06. The van der Waals surface area contributed by atoms with Gasteiger partial charge in [-0.2, -0.15) is 0 Å². The van der Waals surface area contributed by atoms with Crippen LogP contribution < -0.4 is 0 Å². The predicted molar refractivity (Wildman–Crippen MR) is 129 cm³/mol. The zero-order valence-electron chi connectivity index (χ0n) is 21.5. The van der Waals surface area contributed by atoms with E-state index in [1.807, 2.05) is 0 Å². The molecule has 14 heteroatoms. The van der Waals surface area contributed by atoms with E-state index in [2.05, 4.69) is 6.92 Å². The molecule has 1 aliphatic carbocycles. The first kappa shape index (κ1) is 33.9. The van der Waals surface area contributed by atoms with Crippen molar-refractivity contribution in [3.05, 3.63) is 0 Å². The lowest BCUT2D eigenvalue weighted by molar-refractivity contribution is -0.220. The van der Waals surface area contributed by atoms with Gasteiger partial charge < -0.3 is 39.9 Å². The third-order valence-electron chi connectivity index (χ3n) is 5.92. The second kappa shape index (κ2) is 17.4. The van der Waals surface area contributed by atoms with Gasteiger partial charge in [0.1, 0.15) is 43.2 Å². The molecule has 0 aliphatic heterocycles. The van der Waals surface area contributed by atoms with E-state index in [-0.39, 0.29) is 12.8 Å². The fraction of sp³-hybridized carbons (Fsp3) is 0.913. The minimum absolute atomic E-state index is 0.0963. The van der Waals surface area contributed by atoms with Crippen molar-refractivity contribution in [2.24, 2.45) is 0 Å². The quantitative estimate of drug-likeness (QED) is 0.0778. The Morgan fingerprint density at radius 2 is 1.27 bits per heavy atom. The lowest BCUT2D eigenvalue weighted by atomic mass is 9.85. The van der Waals surface area contributed by atoms with E-state index in [1.54, 1.807) is 6.92 Å². The number of rotatable bonds is 18. The van der Waals surface area contributed by atoms with Crippen LogP contribution in [0, 0.1) is 0 Å². The molecule has 6 atom stereocenters. The van der Waals surface area contributed by atoms with Crippen molar-refractivity contribution in [3.63, 3.8) is 0 Å². The number of esters is 2. The number of carbonyl (C=O) groups excluding carboxylic acids is 2. The lowest BCUT2D eigenvalue weighted by Gasteiger charge is -2.41. The largest absolute Gasteiger partial charge is 0.472 e. The number of phosphoric ester groups is 1. The van der Waals surface area contributed by atoms with Gasteiger partial charge in [0, 0.05) is 12.8 Å². The van der Waals surface area contributed by atoms with Gasteiger partial charge in [-0.15, -0.1) is 0 Å². The van der Waals surface area contributed by atoms with Crippen LogP contribution in [0.2, 0.25) is 0 Å². The van der Waals surface area contributed by atoms with E-state index < -0.39 is 75.7 Å². The van der Waals surface area contributed by atoms with E-state index in [0.29, 0.717) is 12.8 Å². The standard InChI is InChI=1S/C23H43O13P/c1-3-5-6-7-8-9-10-12-17(25)35-15(13-33-16(24)11-4-2)14-34-37(31,32)36-23-21(29)19(27)18(26)20(28)22(23)30/h15,18-23,26-30H,3-14H2,1-2H3,(H,31,32).